The first-order valence-electron chi connectivity index (χ1n) is 6.10. The topological polar surface area (TPSA) is 81.2 Å². The van der Waals surface area contributed by atoms with Gasteiger partial charge in [-0.2, -0.15) is 0 Å². The van der Waals surface area contributed by atoms with Crippen LogP contribution in [0.4, 0.5) is 5.69 Å². The molecule has 0 bridgehead atoms. The number of rotatable bonds is 3. The van der Waals surface area contributed by atoms with Crippen LogP contribution in [0.2, 0.25) is 0 Å². The quantitative estimate of drug-likeness (QED) is 0.726. The Labute approximate surface area is 119 Å². The molecule has 3 aromatic rings. The molecule has 3 rings (SSSR count). The van der Waals surface area contributed by atoms with Gasteiger partial charge in [-0.1, -0.05) is 0 Å². The van der Waals surface area contributed by atoms with E-state index in [1.165, 1.54) is 0 Å². The fourth-order valence-electron chi connectivity index (χ4n) is 1.90. The summed E-state index contributed by atoms with van der Waals surface area (Å²) in [4.78, 5) is 17.3. The molecule has 102 valence electrons. The second-order valence-electron chi connectivity index (χ2n) is 4.46. The molecule has 0 spiro atoms. The highest BCUT2D eigenvalue weighted by atomic mass is 32.1. The molecule has 0 aliphatic rings. The lowest BCUT2D eigenvalue weighted by Gasteiger charge is -1.99. The van der Waals surface area contributed by atoms with Gasteiger partial charge in [0.25, 0.3) is 5.91 Å². The first-order chi connectivity index (χ1) is 9.61. The number of furan rings is 1. The Bertz CT molecular complexity index is 776. The van der Waals surface area contributed by atoms with Gasteiger partial charge in [-0.25, -0.2) is 4.98 Å². The molecule has 1 aromatic carbocycles. The van der Waals surface area contributed by atoms with Crippen LogP contribution in [0.3, 0.4) is 0 Å². The molecule has 2 aromatic heterocycles. The standard InChI is InChI=1S/C14H13N3O2S/c1-8-6-16-13(20-8)7-17-14(18)12-5-9-4-10(15)2-3-11(9)19-12/h2-6H,7,15H2,1H3,(H,17,18). The van der Waals surface area contributed by atoms with E-state index >= 15 is 0 Å². The number of aromatic nitrogens is 1. The number of carbonyl (C=O) groups excluding carboxylic acids is 1. The second kappa shape index (κ2) is 4.97. The number of amides is 1. The Morgan fingerprint density at radius 3 is 3.05 bits per heavy atom. The molecule has 0 radical (unpaired) electrons. The fourth-order valence-corrected chi connectivity index (χ4v) is 2.63. The van der Waals surface area contributed by atoms with Crippen LogP contribution < -0.4 is 11.1 Å². The largest absolute Gasteiger partial charge is 0.451 e. The normalized spacial score (nSPS) is 10.8. The maximum Gasteiger partial charge on any atom is 0.287 e. The zero-order valence-electron chi connectivity index (χ0n) is 10.8. The summed E-state index contributed by atoms with van der Waals surface area (Å²) < 4.78 is 5.49. The minimum atomic E-state index is -0.257. The summed E-state index contributed by atoms with van der Waals surface area (Å²) in [6, 6.07) is 6.96. The van der Waals surface area contributed by atoms with Crippen molar-refractivity contribution in [2.45, 2.75) is 13.5 Å². The zero-order chi connectivity index (χ0) is 14.1. The van der Waals surface area contributed by atoms with Gasteiger partial charge < -0.3 is 15.5 Å². The van der Waals surface area contributed by atoms with Gasteiger partial charge in [0.15, 0.2) is 5.76 Å². The van der Waals surface area contributed by atoms with Crippen LogP contribution in [0.15, 0.2) is 34.9 Å². The summed E-state index contributed by atoms with van der Waals surface area (Å²) in [5.74, 6) is 0.0199. The highest BCUT2D eigenvalue weighted by Gasteiger charge is 2.12. The van der Waals surface area contributed by atoms with E-state index in [2.05, 4.69) is 10.3 Å². The molecule has 0 saturated carbocycles. The van der Waals surface area contributed by atoms with Crippen LogP contribution in [0, 0.1) is 6.92 Å². The molecule has 0 aliphatic heterocycles. The van der Waals surface area contributed by atoms with E-state index in [1.54, 1.807) is 41.8 Å². The maximum atomic E-state index is 12.0. The molecule has 1 amide bonds. The van der Waals surface area contributed by atoms with Crippen LogP contribution in [-0.4, -0.2) is 10.9 Å². The van der Waals surface area contributed by atoms with Crippen molar-refractivity contribution in [2.24, 2.45) is 0 Å². The number of nitrogen functional groups attached to an aromatic ring is 1. The number of nitrogens with two attached hydrogens (primary N) is 1. The molecule has 6 heteroatoms. The summed E-state index contributed by atoms with van der Waals surface area (Å²) in [6.45, 7) is 2.38. The van der Waals surface area contributed by atoms with Crippen LogP contribution in [0.25, 0.3) is 11.0 Å². The SMILES string of the molecule is Cc1cnc(CNC(=O)c2cc3cc(N)ccc3o2)s1. The van der Waals surface area contributed by atoms with Gasteiger partial charge in [0.1, 0.15) is 10.6 Å². The molecule has 0 atom stereocenters. The first-order valence-corrected chi connectivity index (χ1v) is 6.92. The van der Waals surface area contributed by atoms with Crippen molar-refractivity contribution in [3.8, 4) is 0 Å². The van der Waals surface area contributed by atoms with Gasteiger partial charge in [0.2, 0.25) is 0 Å². The summed E-state index contributed by atoms with van der Waals surface area (Å²) in [5.41, 5.74) is 6.99. The number of hydrogen-bond donors (Lipinski definition) is 2. The van der Waals surface area contributed by atoms with Crippen molar-refractivity contribution >= 4 is 33.9 Å². The molecule has 5 nitrogen and oxygen atoms in total. The third-order valence-corrected chi connectivity index (χ3v) is 3.75. The second-order valence-corrected chi connectivity index (χ2v) is 5.77. The molecule has 20 heavy (non-hydrogen) atoms. The van der Waals surface area contributed by atoms with E-state index in [-0.39, 0.29) is 11.7 Å². The first kappa shape index (κ1) is 12.7. The molecule has 0 aliphatic carbocycles. The maximum absolute atomic E-state index is 12.0. The zero-order valence-corrected chi connectivity index (χ0v) is 11.7. The number of thiazole rings is 1. The molecule has 2 heterocycles. The van der Waals surface area contributed by atoms with Crippen LogP contribution in [0.5, 0.6) is 0 Å². The van der Waals surface area contributed by atoms with E-state index in [0.29, 0.717) is 17.8 Å². The summed E-state index contributed by atoms with van der Waals surface area (Å²) in [7, 11) is 0. The molecular weight excluding hydrogens is 274 g/mol. The minimum absolute atomic E-state index is 0.257. The Balaban J connectivity index is 1.75. The monoisotopic (exact) mass is 287 g/mol. The average Bonchev–Trinajstić information content (AvgIpc) is 3.01. The van der Waals surface area contributed by atoms with Crippen molar-refractivity contribution in [2.75, 3.05) is 5.73 Å². The van der Waals surface area contributed by atoms with Gasteiger partial charge >= 0.3 is 0 Å². The minimum Gasteiger partial charge on any atom is -0.451 e. The van der Waals surface area contributed by atoms with E-state index in [4.69, 9.17) is 10.2 Å². The van der Waals surface area contributed by atoms with Crippen LogP contribution in [-0.2, 0) is 6.54 Å². The van der Waals surface area contributed by atoms with E-state index in [0.717, 1.165) is 15.3 Å². The predicted molar refractivity (Wildman–Crippen MR) is 78.6 cm³/mol. The van der Waals surface area contributed by atoms with Crippen molar-refractivity contribution in [1.82, 2.24) is 10.3 Å². The number of hydrogen-bond acceptors (Lipinski definition) is 5. The van der Waals surface area contributed by atoms with Crippen molar-refractivity contribution in [3.05, 3.63) is 46.1 Å². The van der Waals surface area contributed by atoms with Gasteiger partial charge in [-0.05, 0) is 31.2 Å². The number of nitrogens with one attached hydrogen (secondary N) is 1. The van der Waals surface area contributed by atoms with E-state index in [9.17, 15) is 4.79 Å². The lowest BCUT2D eigenvalue weighted by molar-refractivity contribution is 0.0925. The molecule has 0 saturated heterocycles. The smallest absolute Gasteiger partial charge is 0.287 e. The van der Waals surface area contributed by atoms with Crippen molar-refractivity contribution in [1.29, 1.82) is 0 Å². The number of fused-ring (bicyclic) bond motifs is 1. The average molecular weight is 287 g/mol. The molecule has 0 unspecified atom stereocenters. The van der Waals surface area contributed by atoms with Crippen molar-refractivity contribution < 1.29 is 9.21 Å². The summed E-state index contributed by atoms with van der Waals surface area (Å²) in [6.07, 6.45) is 1.79. The summed E-state index contributed by atoms with van der Waals surface area (Å²) >= 11 is 1.56. The van der Waals surface area contributed by atoms with E-state index in [1.807, 2.05) is 6.92 Å². The number of anilines is 1. The van der Waals surface area contributed by atoms with Gasteiger partial charge in [0.05, 0.1) is 6.54 Å². The van der Waals surface area contributed by atoms with Crippen LogP contribution in [0.1, 0.15) is 20.4 Å². The molecule has 3 N–H and O–H groups in total. The van der Waals surface area contributed by atoms with Crippen LogP contribution >= 0.6 is 11.3 Å². The number of carbonyl (C=O) groups is 1. The number of benzene rings is 1. The summed E-state index contributed by atoms with van der Waals surface area (Å²) in [5, 5.41) is 4.48. The highest BCUT2D eigenvalue weighted by Crippen LogP contribution is 2.21. The Morgan fingerprint density at radius 1 is 1.45 bits per heavy atom. The Kier molecular flexibility index (Phi) is 3.15. The molecular formula is C14H13N3O2S. The van der Waals surface area contributed by atoms with Crippen molar-refractivity contribution in [3.63, 3.8) is 0 Å². The third-order valence-electron chi connectivity index (χ3n) is 2.83. The lowest BCUT2D eigenvalue weighted by atomic mass is 10.2. The molecule has 0 fully saturated rings. The third kappa shape index (κ3) is 2.50. The predicted octanol–water partition coefficient (Wildman–Crippen LogP) is 2.71. The van der Waals surface area contributed by atoms with Gasteiger partial charge in [-0.15, -0.1) is 11.3 Å². The van der Waals surface area contributed by atoms with Gasteiger partial charge in [0, 0.05) is 22.1 Å². The fraction of sp³-hybridized carbons (Fsp3) is 0.143. The number of nitrogens with zero attached hydrogens (tertiary/aromatic N) is 1. The van der Waals surface area contributed by atoms with E-state index < -0.39 is 0 Å². The highest BCUT2D eigenvalue weighted by molar-refractivity contribution is 7.11. The van der Waals surface area contributed by atoms with Gasteiger partial charge in [-0.3, -0.25) is 4.79 Å². The Morgan fingerprint density at radius 2 is 2.30 bits per heavy atom. The number of aryl methyl sites for hydroxylation is 1. The Hall–Kier alpha value is -2.34. The lowest BCUT2D eigenvalue weighted by Crippen LogP contribution is -2.22.